The Morgan fingerprint density at radius 1 is 1.10 bits per heavy atom. The van der Waals surface area contributed by atoms with Crippen LogP contribution in [-0.4, -0.2) is 16.5 Å². The van der Waals surface area contributed by atoms with Crippen LogP contribution in [0, 0.1) is 5.82 Å². The van der Waals surface area contributed by atoms with Crippen molar-refractivity contribution in [1.29, 1.82) is 0 Å². The Hall–Kier alpha value is -2.17. The molecule has 0 aliphatic heterocycles. The minimum atomic E-state index is -0.224. The molecule has 1 aromatic heterocycles. The van der Waals surface area contributed by atoms with Gasteiger partial charge in [0.1, 0.15) is 23.8 Å². The maximum atomic E-state index is 13.2. The van der Waals surface area contributed by atoms with Crippen molar-refractivity contribution < 1.29 is 4.39 Å². The lowest BCUT2D eigenvalue weighted by molar-refractivity contribution is 0.626. The molecule has 0 amide bonds. The second-order valence-corrected chi connectivity index (χ2v) is 4.81. The van der Waals surface area contributed by atoms with Gasteiger partial charge in [-0.1, -0.05) is 26.0 Å². The molecule has 0 atom stereocenters. The highest BCUT2D eigenvalue weighted by molar-refractivity contribution is 5.57. The van der Waals surface area contributed by atoms with Crippen LogP contribution in [0.25, 0.3) is 0 Å². The van der Waals surface area contributed by atoms with Gasteiger partial charge < -0.3 is 10.6 Å². The van der Waals surface area contributed by atoms with E-state index in [2.05, 4.69) is 34.4 Å². The van der Waals surface area contributed by atoms with E-state index in [0.29, 0.717) is 6.54 Å². The quantitative estimate of drug-likeness (QED) is 0.817. The monoisotopic (exact) mass is 288 g/mol. The van der Waals surface area contributed by atoms with Crippen molar-refractivity contribution in [3.8, 4) is 0 Å². The summed E-state index contributed by atoms with van der Waals surface area (Å²) in [6, 6.07) is 6.56. The van der Waals surface area contributed by atoms with Crippen LogP contribution >= 0.6 is 0 Å². The summed E-state index contributed by atoms with van der Waals surface area (Å²) in [6.45, 7) is 5.61. The summed E-state index contributed by atoms with van der Waals surface area (Å²) in [5.74, 6) is 1.45. The third kappa shape index (κ3) is 4.15. The van der Waals surface area contributed by atoms with Gasteiger partial charge in [0, 0.05) is 18.7 Å². The molecule has 1 aromatic carbocycles. The molecule has 0 radical (unpaired) electrons. The third-order valence-electron chi connectivity index (χ3n) is 3.19. The standard InChI is InChI=1S/C16H21FN4/c1-3-8-18-15-14(4-2)16(21-11-20-15)19-10-12-6-5-7-13(17)9-12/h5-7,9,11H,3-4,8,10H2,1-2H3,(H2,18,19,20,21). The molecular formula is C16H21FN4. The molecule has 0 aliphatic carbocycles. The molecule has 112 valence electrons. The highest BCUT2D eigenvalue weighted by atomic mass is 19.1. The average Bonchev–Trinajstić information content (AvgIpc) is 2.50. The Balaban J connectivity index is 2.12. The maximum Gasteiger partial charge on any atom is 0.134 e. The summed E-state index contributed by atoms with van der Waals surface area (Å²) in [5, 5.41) is 6.58. The number of aromatic nitrogens is 2. The molecule has 0 fully saturated rings. The zero-order valence-corrected chi connectivity index (χ0v) is 12.5. The number of hydrogen-bond donors (Lipinski definition) is 2. The van der Waals surface area contributed by atoms with Crippen molar-refractivity contribution in [2.45, 2.75) is 33.2 Å². The predicted octanol–water partition coefficient (Wildman–Crippen LogP) is 3.61. The molecule has 21 heavy (non-hydrogen) atoms. The number of halogens is 1. The molecule has 5 heteroatoms. The summed E-state index contributed by atoms with van der Waals surface area (Å²) in [5.41, 5.74) is 1.95. The molecule has 0 saturated heterocycles. The van der Waals surface area contributed by atoms with Gasteiger partial charge in [0.25, 0.3) is 0 Å². The zero-order valence-electron chi connectivity index (χ0n) is 12.5. The summed E-state index contributed by atoms with van der Waals surface area (Å²) < 4.78 is 13.2. The first-order valence-corrected chi connectivity index (χ1v) is 7.30. The first-order valence-electron chi connectivity index (χ1n) is 7.30. The zero-order chi connectivity index (χ0) is 15.1. The number of benzene rings is 1. The Morgan fingerprint density at radius 2 is 1.86 bits per heavy atom. The molecule has 2 N–H and O–H groups in total. The molecule has 2 aromatic rings. The van der Waals surface area contributed by atoms with Crippen LogP contribution in [-0.2, 0) is 13.0 Å². The van der Waals surface area contributed by atoms with Crippen LogP contribution in [0.2, 0.25) is 0 Å². The largest absolute Gasteiger partial charge is 0.370 e. The number of rotatable bonds is 7. The number of hydrogen-bond acceptors (Lipinski definition) is 4. The van der Waals surface area contributed by atoms with Gasteiger partial charge in [-0.2, -0.15) is 0 Å². The molecule has 0 aliphatic rings. The summed E-state index contributed by atoms with van der Waals surface area (Å²) in [4.78, 5) is 8.59. The van der Waals surface area contributed by atoms with Crippen LogP contribution in [0.5, 0.6) is 0 Å². The SMILES string of the molecule is CCCNc1ncnc(NCc2cccc(F)c2)c1CC. The Morgan fingerprint density at radius 3 is 2.52 bits per heavy atom. The van der Waals surface area contributed by atoms with Gasteiger partial charge in [0.2, 0.25) is 0 Å². The highest BCUT2D eigenvalue weighted by Crippen LogP contribution is 2.21. The first kappa shape index (κ1) is 15.2. The summed E-state index contributed by atoms with van der Waals surface area (Å²) in [7, 11) is 0. The lowest BCUT2D eigenvalue weighted by Crippen LogP contribution is -2.10. The van der Waals surface area contributed by atoms with Crippen LogP contribution in [0.3, 0.4) is 0 Å². The average molecular weight is 288 g/mol. The lowest BCUT2D eigenvalue weighted by atomic mass is 10.2. The smallest absolute Gasteiger partial charge is 0.134 e. The van der Waals surface area contributed by atoms with Crippen LogP contribution < -0.4 is 10.6 Å². The molecule has 0 bridgehead atoms. The van der Waals surface area contributed by atoms with Crippen LogP contribution in [0.15, 0.2) is 30.6 Å². The fraction of sp³-hybridized carbons (Fsp3) is 0.375. The van der Waals surface area contributed by atoms with Crippen molar-refractivity contribution in [2.24, 2.45) is 0 Å². The second kappa shape index (κ2) is 7.57. The Bertz CT molecular complexity index is 586. The van der Waals surface area contributed by atoms with E-state index in [0.717, 1.165) is 42.1 Å². The Kier molecular flexibility index (Phi) is 5.49. The van der Waals surface area contributed by atoms with E-state index in [-0.39, 0.29) is 5.82 Å². The van der Waals surface area contributed by atoms with Gasteiger partial charge >= 0.3 is 0 Å². The molecule has 0 saturated carbocycles. The van der Waals surface area contributed by atoms with E-state index in [1.807, 2.05) is 6.07 Å². The first-order chi connectivity index (χ1) is 10.2. The van der Waals surface area contributed by atoms with Gasteiger partial charge in [-0.3, -0.25) is 0 Å². The van der Waals surface area contributed by atoms with E-state index in [1.165, 1.54) is 12.1 Å². The molecule has 0 spiro atoms. The van der Waals surface area contributed by atoms with Crippen molar-refractivity contribution >= 4 is 11.6 Å². The fourth-order valence-corrected chi connectivity index (χ4v) is 2.13. The van der Waals surface area contributed by atoms with E-state index >= 15 is 0 Å². The number of nitrogens with zero attached hydrogens (tertiary/aromatic N) is 2. The fourth-order valence-electron chi connectivity index (χ4n) is 2.13. The molecule has 1 heterocycles. The molecule has 0 unspecified atom stereocenters. The topological polar surface area (TPSA) is 49.8 Å². The van der Waals surface area contributed by atoms with Gasteiger partial charge in [-0.25, -0.2) is 14.4 Å². The van der Waals surface area contributed by atoms with E-state index in [9.17, 15) is 4.39 Å². The molecular weight excluding hydrogens is 267 g/mol. The summed E-state index contributed by atoms with van der Waals surface area (Å²) >= 11 is 0. The second-order valence-electron chi connectivity index (χ2n) is 4.81. The highest BCUT2D eigenvalue weighted by Gasteiger charge is 2.09. The van der Waals surface area contributed by atoms with Gasteiger partial charge in [-0.15, -0.1) is 0 Å². The van der Waals surface area contributed by atoms with Crippen molar-refractivity contribution in [3.63, 3.8) is 0 Å². The third-order valence-corrected chi connectivity index (χ3v) is 3.19. The Labute approximate surface area is 124 Å². The van der Waals surface area contributed by atoms with Gasteiger partial charge in [-0.05, 0) is 30.5 Å². The predicted molar refractivity (Wildman–Crippen MR) is 83.9 cm³/mol. The van der Waals surface area contributed by atoms with E-state index in [1.54, 1.807) is 12.4 Å². The number of nitrogens with one attached hydrogen (secondary N) is 2. The molecule has 2 rings (SSSR count). The summed E-state index contributed by atoms with van der Waals surface area (Å²) in [6.07, 6.45) is 3.42. The van der Waals surface area contributed by atoms with Crippen LogP contribution in [0.1, 0.15) is 31.4 Å². The van der Waals surface area contributed by atoms with Crippen molar-refractivity contribution in [1.82, 2.24) is 9.97 Å². The van der Waals surface area contributed by atoms with E-state index < -0.39 is 0 Å². The lowest BCUT2D eigenvalue weighted by Gasteiger charge is -2.14. The normalized spacial score (nSPS) is 10.4. The van der Waals surface area contributed by atoms with Crippen molar-refractivity contribution in [3.05, 3.63) is 47.5 Å². The van der Waals surface area contributed by atoms with Crippen molar-refractivity contribution in [2.75, 3.05) is 17.2 Å². The minimum absolute atomic E-state index is 0.224. The molecule has 4 nitrogen and oxygen atoms in total. The number of anilines is 2. The van der Waals surface area contributed by atoms with Gasteiger partial charge in [0.05, 0.1) is 0 Å². The minimum Gasteiger partial charge on any atom is -0.370 e. The van der Waals surface area contributed by atoms with Gasteiger partial charge in [0.15, 0.2) is 0 Å². The van der Waals surface area contributed by atoms with Crippen LogP contribution in [0.4, 0.5) is 16.0 Å². The van der Waals surface area contributed by atoms with E-state index in [4.69, 9.17) is 0 Å². The maximum absolute atomic E-state index is 13.2.